The van der Waals surface area contributed by atoms with Gasteiger partial charge in [-0.15, -0.1) is 11.3 Å². The topological polar surface area (TPSA) is 99.9 Å². The van der Waals surface area contributed by atoms with E-state index in [0.717, 1.165) is 16.1 Å². The van der Waals surface area contributed by atoms with Crippen molar-refractivity contribution >= 4 is 23.0 Å². The summed E-state index contributed by atoms with van der Waals surface area (Å²) in [6.07, 6.45) is 11.7. The Morgan fingerprint density at radius 3 is 2.78 bits per heavy atom. The van der Waals surface area contributed by atoms with E-state index in [4.69, 9.17) is 5.73 Å². The lowest BCUT2D eigenvalue weighted by Crippen LogP contribution is -2.32. The Morgan fingerprint density at radius 1 is 1.26 bits per heavy atom. The van der Waals surface area contributed by atoms with Gasteiger partial charge in [0.25, 0.3) is 0 Å². The van der Waals surface area contributed by atoms with E-state index < -0.39 is 5.72 Å². The SMILES string of the molecule is CC(N)(O)c1cc(Nc2ncc[nH]2)ccc1-c1cnc(C2CCCCC2)s1. The average Bonchev–Trinajstić information content (AvgIpc) is 3.34. The summed E-state index contributed by atoms with van der Waals surface area (Å²) in [5.74, 6) is 1.21. The predicted octanol–water partition coefficient (Wildman–Crippen LogP) is 4.45. The van der Waals surface area contributed by atoms with Crippen molar-refractivity contribution in [1.29, 1.82) is 0 Å². The largest absolute Gasteiger partial charge is 0.372 e. The van der Waals surface area contributed by atoms with E-state index in [1.807, 2.05) is 24.4 Å². The quantitative estimate of drug-likeness (QED) is 0.488. The smallest absolute Gasteiger partial charge is 0.204 e. The second-order valence-electron chi connectivity index (χ2n) is 7.37. The van der Waals surface area contributed by atoms with Crippen molar-refractivity contribution in [2.75, 3.05) is 5.32 Å². The van der Waals surface area contributed by atoms with Gasteiger partial charge < -0.3 is 21.1 Å². The van der Waals surface area contributed by atoms with E-state index in [1.54, 1.807) is 30.7 Å². The summed E-state index contributed by atoms with van der Waals surface area (Å²) < 4.78 is 0. The van der Waals surface area contributed by atoms with Gasteiger partial charge in [0.05, 0.1) is 9.88 Å². The van der Waals surface area contributed by atoms with Crippen molar-refractivity contribution in [3.8, 4) is 10.4 Å². The van der Waals surface area contributed by atoms with Gasteiger partial charge in [0.1, 0.15) is 5.72 Å². The van der Waals surface area contributed by atoms with E-state index in [9.17, 15) is 5.11 Å². The molecule has 1 fully saturated rings. The standard InChI is InChI=1S/C20H25N5OS/c1-20(21,26)16-11-14(25-19-22-9-10-23-19)7-8-15(16)17-12-24-18(27-17)13-5-3-2-4-6-13/h7-13,26H,2-6,21H2,1H3,(H2,22,23,25). The highest BCUT2D eigenvalue weighted by molar-refractivity contribution is 7.15. The summed E-state index contributed by atoms with van der Waals surface area (Å²) in [4.78, 5) is 12.9. The number of rotatable bonds is 5. The second-order valence-corrected chi connectivity index (χ2v) is 8.43. The van der Waals surface area contributed by atoms with E-state index >= 15 is 0 Å². The van der Waals surface area contributed by atoms with Gasteiger partial charge in [-0.05, 0) is 31.9 Å². The summed E-state index contributed by atoms with van der Waals surface area (Å²) in [5, 5.41) is 14.9. The molecule has 7 heteroatoms. The van der Waals surface area contributed by atoms with Crippen LogP contribution in [0.1, 0.15) is 55.5 Å². The summed E-state index contributed by atoms with van der Waals surface area (Å²) in [6.45, 7) is 1.60. The molecule has 1 saturated carbocycles. The molecule has 1 aliphatic carbocycles. The molecule has 3 aromatic rings. The highest BCUT2D eigenvalue weighted by Crippen LogP contribution is 2.40. The first-order valence-corrected chi connectivity index (χ1v) is 10.2. The fourth-order valence-corrected chi connectivity index (χ4v) is 4.80. The Balaban J connectivity index is 1.66. The predicted molar refractivity (Wildman–Crippen MR) is 109 cm³/mol. The molecule has 1 unspecified atom stereocenters. The van der Waals surface area contributed by atoms with Crippen LogP contribution in [-0.2, 0) is 5.72 Å². The van der Waals surface area contributed by atoms with E-state index in [0.29, 0.717) is 17.4 Å². The van der Waals surface area contributed by atoms with Crippen molar-refractivity contribution in [3.05, 3.63) is 47.4 Å². The van der Waals surface area contributed by atoms with Crippen LogP contribution in [0.4, 0.5) is 11.6 Å². The van der Waals surface area contributed by atoms with Gasteiger partial charge in [-0.1, -0.05) is 25.3 Å². The fourth-order valence-electron chi connectivity index (χ4n) is 3.68. The van der Waals surface area contributed by atoms with Crippen LogP contribution in [0.15, 0.2) is 36.8 Å². The number of aliphatic hydroxyl groups is 1. The van der Waals surface area contributed by atoms with Crippen LogP contribution >= 0.6 is 11.3 Å². The molecule has 2 heterocycles. The Labute approximate surface area is 162 Å². The maximum atomic E-state index is 10.5. The lowest BCUT2D eigenvalue weighted by atomic mass is 9.90. The lowest BCUT2D eigenvalue weighted by Gasteiger charge is -2.22. The first-order valence-electron chi connectivity index (χ1n) is 9.39. The third kappa shape index (κ3) is 4.05. The molecule has 6 nitrogen and oxygen atoms in total. The number of aromatic nitrogens is 3. The molecule has 142 valence electrons. The molecule has 27 heavy (non-hydrogen) atoms. The van der Waals surface area contributed by atoms with Crippen molar-refractivity contribution in [3.63, 3.8) is 0 Å². The molecule has 1 aromatic carbocycles. The van der Waals surface area contributed by atoms with Crippen LogP contribution in [-0.4, -0.2) is 20.1 Å². The maximum Gasteiger partial charge on any atom is 0.204 e. The number of hydrogen-bond acceptors (Lipinski definition) is 6. The Morgan fingerprint density at radius 2 is 2.07 bits per heavy atom. The van der Waals surface area contributed by atoms with Gasteiger partial charge >= 0.3 is 0 Å². The molecule has 1 atom stereocenters. The fraction of sp³-hybridized carbons (Fsp3) is 0.400. The Bertz CT molecular complexity index is 891. The van der Waals surface area contributed by atoms with Crippen LogP contribution in [0, 0.1) is 0 Å². The van der Waals surface area contributed by atoms with Gasteiger partial charge in [-0.3, -0.25) is 0 Å². The molecule has 5 N–H and O–H groups in total. The van der Waals surface area contributed by atoms with Crippen molar-refractivity contribution in [2.45, 2.75) is 50.7 Å². The molecule has 4 rings (SSSR count). The molecular weight excluding hydrogens is 358 g/mol. The molecule has 0 aliphatic heterocycles. The Kier molecular flexibility index (Phi) is 4.99. The van der Waals surface area contributed by atoms with Crippen molar-refractivity contribution in [1.82, 2.24) is 15.0 Å². The molecule has 0 bridgehead atoms. The molecule has 1 aliphatic rings. The maximum absolute atomic E-state index is 10.5. The lowest BCUT2D eigenvalue weighted by molar-refractivity contribution is 0.0654. The average molecular weight is 384 g/mol. The number of nitrogens with two attached hydrogens (primary N) is 1. The van der Waals surface area contributed by atoms with Crippen LogP contribution < -0.4 is 11.1 Å². The molecule has 2 aromatic heterocycles. The highest BCUT2D eigenvalue weighted by Gasteiger charge is 2.25. The number of imidazole rings is 1. The van der Waals surface area contributed by atoms with Crippen LogP contribution in [0.3, 0.4) is 0 Å². The number of anilines is 2. The first kappa shape index (κ1) is 18.2. The van der Waals surface area contributed by atoms with E-state index in [-0.39, 0.29) is 0 Å². The number of nitrogens with zero attached hydrogens (tertiary/aromatic N) is 2. The van der Waals surface area contributed by atoms with Crippen molar-refractivity contribution in [2.24, 2.45) is 5.73 Å². The monoisotopic (exact) mass is 383 g/mol. The zero-order valence-corrected chi connectivity index (χ0v) is 16.2. The minimum atomic E-state index is -1.45. The molecule has 0 saturated heterocycles. The number of hydrogen-bond donors (Lipinski definition) is 4. The summed E-state index contributed by atoms with van der Waals surface area (Å²) in [5.41, 5.74) is 7.02. The summed E-state index contributed by atoms with van der Waals surface area (Å²) in [6, 6.07) is 5.82. The third-order valence-corrected chi connectivity index (χ3v) is 6.26. The van der Waals surface area contributed by atoms with E-state index in [2.05, 4.69) is 20.3 Å². The number of H-pyrrole nitrogens is 1. The summed E-state index contributed by atoms with van der Waals surface area (Å²) in [7, 11) is 0. The number of benzene rings is 1. The van der Waals surface area contributed by atoms with Gasteiger partial charge in [-0.2, -0.15) is 0 Å². The van der Waals surface area contributed by atoms with Crippen molar-refractivity contribution < 1.29 is 5.11 Å². The van der Waals surface area contributed by atoms with Gasteiger partial charge in [-0.25, -0.2) is 9.97 Å². The van der Waals surface area contributed by atoms with Gasteiger partial charge in [0, 0.05) is 41.3 Å². The minimum Gasteiger partial charge on any atom is -0.372 e. The Hall–Kier alpha value is -2.22. The second kappa shape index (κ2) is 7.42. The normalized spacial score (nSPS) is 17.6. The van der Waals surface area contributed by atoms with Crippen LogP contribution in [0.5, 0.6) is 0 Å². The first-order chi connectivity index (χ1) is 13.0. The molecular formula is C20H25N5OS. The van der Waals surface area contributed by atoms with Gasteiger partial charge in [0.15, 0.2) is 0 Å². The van der Waals surface area contributed by atoms with Crippen LogP contribution in [0.25, 0.3) is 10.4 Å². The zero-order chi connectivity index (χ0) is 18.9. The number of thiazole rings is 1. The molecule has 0 amide bonds. The zero-order valence-electron chi connectivity index (χ0n) is 15.4. The number of aromatic amines is 1. The minimum absolute atomic E-state index is 0.569. The van der Waals surface area contributed by atoms with Gasteiger partial charge in [0.2, 0.25) is 5.95 Å². The molecule has 0 spiro atoms. The number of nitrogens with one attached hydrogen (secondary N) is 2. The molecule has 0 radical (unpaired) electrons. The third-order valence-electron chi connectivity index (χ3n) is 5.07. The van der Waals surface area contributed by atoms with E-state index in [1.165, 1.54) is 37.1 Å². The summed E-state index contributed by atoms with van der Waals surface area (Å²) >= 11 is 1.72. The highest BCUT2D eigenvalue weighted by atomic mass is 32.1. The van der Waals surface area contributed by atoms with Crippen LogP contribution in [0.2, 0.25) is 0 Å².